The number of rotatable bonds is 8. The molecule has 1 saturated heterocycles. The van der Waals surface area contributed by atoms with E-state index in [0.717, 1.165) is 23.3 Å². The Morgan fingerprint density at radius 1 is 1.09 bits per heavy atom. The smallest absolute Gasteiger partial charge is 0.243 e. The lowest BCUT2D eigenvalue weighted by molar-refractivity contribution is -0.126. The van der Waals surface area contributed by atoms with E-state index in [4.69, 9.17) is 4.74 Å². The second-order valence-electron chi connectivity index (χ2n) is 8.10. The molecule has 0 saturated carbocycles. The van der Waals surface area contributed by atoms with Gasteiger partial charge in [0.05, 0.1) is 17.6 Å². The van der Waals surface area contributed by atoms with Crippen LogP contribution in [0.3, 0.4) is 0 Å². The van der Waals surface area contributed by atoms with Crippen LogP contribution in [0.4, 0.5) is 8.78 Å². The van der Waals surface area contributed by atoms with Crippen molar-refractivity contribution in [3.8, 4) is 0 Å². The first-order valence-corrected chi connectivity index (χ1v) is 12.0. The molecule has 0 aliphatic carbocycles. The molecular weight excluding hydrogens is 438 g/mol. The van der Waals surface area contributed by atoms with Crippen LogP contribution in [0.5, 0.6) is 0 Å². The first-order chi connectivity index (χ1) is 15.2. The normalized spacial score (nSPS) is 15.8. The van der Waals surface area contributed by atoms with Crippen molar-refractivity contribution in [2.45, 2.75) is 50.8 Å². The number of carbonyl (C=O) groups excluding carboxylic acids is 1. The van der Waals surface area contributed by atoms with E-state index in [0.29, 0.717) is 32.1 Å². The number of carbonyl (C=O) groups is 1. The summed E-state index contributed by atoms with van der Waals surface area (Å²) in [5.41, 5.74) is 1.98. The SMILES string of the molecule is CC(C)OCc1ccccc1CNC(=O)C1CCN(S(=O)(=O)c2ccc(F)c(F)c2)CC1. The number of halogens is 2. The number of sulfonamides is 1. The molecule has 0 unspecified atom stereocenters. The van der Waals surface area contributed by atoms with Gasteiger partial charge >= 0.3 is 0 Å². The van der Waals surface area contributed by atoms with Gasteiger partial charge in [0, 0.05) is 25.6 Å². The summed E-state index contributed by atoms with van der Waals surface area (Å²) < 4.78 is 58.9. The lowest BCUT2D eigenvalue weighted by Gasteiger charge is -2.30. The molecule has 1 fully saturated rings. The average Bonchev–Trinajstić information content (AvgIpc) is 2.78. The van der Waals surface area contributed by atoms with Gasteiger partial charge in [0.2, 0.25) is 15.9 Å². The van der Waals surface area contributed by atoms with Crippen LogP contribution in [0.2, 0.25) is 0 Å². The lowest BCUT2D eigenvalue weighted by atomic mass is 9.97. The summed E-state index contributed by atoms with van der Waals surface area (Å²) in [7, 11) is -3.94. The third-order valence-corrected chi connectivity index (χ3v) is 7.39. The number of hydrogen-bond donors (Lipinski definition) is 1. The minimum absolute atomic E-state index is 0.102. The quantitative estimate of drug-likeness (QED) is 0.645. The zero-order valence-electron chi connectivity index (χ0n) is 18.2. The molecule has 0 aromatic heterocycles. The zero-order valence-corrected chi connectivity index (χ0v) is 19.0. The van der Waals surface area contributed by atoms with E-state index < -0.39 is 21.7 Å². The highest BCUT2D eigenvalue weighted by molar-refractivity contribution is 7.89. The van der Waals surface area contributed by atoms with Crippen molar-refractivity contribution < 1.29 is 26.7 Å². The fraction of sp³-hybridized carbons (Fsp3) is 0.435. The number of nitrogens with zero attached hydrogens (tertiary/aromatic N) is 1. The zero-order chi connectivity index (χ0) is 23.3. The van der Waals surface area contributed by atoms with Crippen LogP contribution in [0.15, 0.2) is 47.4 Å². The molecule has 6 nitrogen and oxygen atoms in total. The van der Waals surface area contributed by atoms with Crippen molar-refractivity contribution in [2.75, 3.05) is 13.1 Å². The molecule has 2 aromatic rings. The Morgan fingerprint density at radius 2 is 1.75 bits per heavy atom. The Bertz CT molecular complexity index is 1050. The molecule has 174 valence electrons. The van der Waals surface area contributed by atoms with Crippen LogP contribution < -0.4 is 5.32 Å². The van der Waals surface area contributed by atoms with Crippen LogP contribution in [0, 0.1) is 17.6 Å². The van der Waals surface area contributed by atoms with Gasteiger partial charge in [0.25, 0.3) is 0 Å². The molecule has 1 N–H and O–H groups in total. The topological polar surface area (TPSA) is 75.7 Å². The van der Waals surface area contributed by atoms with Gasteiger partial charge in [-0.3, -0.25) is 4.79 Å². The number of amides is 1. The number of nitrogens with one attached hydrogen (secondary N) is 1. The molecule has 3 rings (SSSR count). The van der Waals surface area contributed by atoms with Gasteiger partial charge in [-0.05, 0) is 56.0 Å². The fourth-order valence-electron chi connectivity index (χ4n) is 3.60. The largest absolute Gasteiger partial charge is 0.374 e. The van der Waals surface area contributed by atoms with Crippen LogP contribution in [-0.2, 0) is 32.7 Å². The predicted octanol–water partition coefficient (Wildman–Crippen LogP) is 3.61. The summed E-state index contributed by atoms with van der Waals surface area (Å²) >= 11 is 0. The van der Waals surface area contributed by atoms with E-state index in [1.807, 2.05) is 38.1 Å². The van der Waals surface area contributed by atoms with Gasteiger partial charge in [-0.1, -0.05) is 24.3 Å². The van der Waals surface area contributed by atoms with Gasteiger partial charge in [-0.2, -0.15) is 4.31 Å². The molecular formula is C23H28F2N2O4S. The maximum absolute atomic E-state index is 13.5. The van der Waals surface area contributed by atoms with Gasteiger partial charge in [0.1, 0.15) is 0 Å². The Kier molecular flexibility index (Phi) is 7.97. The summed E-state index contributed by atoms with van der Waals surface area (Å²) in [6.45, 7) is 5.03. The number of benzene rings is 2. The third kappa shape index (κ3) is 5.90. The molecule has 0 spiro atoms. The minimum Gasteiger partial charge on any atom is -0.374 e. The van der Waals surface area contributed by atoms with E-state index in [2.05, 4.69) is 5.32 Å². The fourth-order valence-corrected chi connectivity index (χ4v) is 5.08. The Balaban J connectivity index is 1.55. The van der Waals surface area contributed by atoms with Gasteiger partial charge in [0.15, 0.2) is 11.6 Å². The molecule has 1 heterocycles. The second kappa shape index (κ2) is 10.5. The highest BCUT2D eigenvalue weighted by Gasteiger charge is 2.32. The molecule has 0 atom stereocenters. The monoisotopic (exact) mass is 466 g/mol. The van der Waals surface area contributed by atoms with Crippen molar-refractivity contribution in [1.29, 1.82) is 0 Å². The first-order valence-electron chi connectivity index (χ1n) is 10.6. The Labute approximate surface area is 187 Å². The summed E-state index contributed by atoms with van der Waals surface area (Å²) in [4.78, 5) is 12.4. The van der Waals surface area contributed by atoms with Crippen LogP contribution in [-0.4, -0.2) is 37.8 Å². The molecule has 2 aromatic carbocycles. The molecule has 32 heavy (non-hydrogen) atoms. The van der Waals surface area contributed by atoms with Crippen molar-refractivity contribution in [3.63, 3.8) is 0 Å². The number of piperidine rings is 1. The van der Waals surface area contributed by atoms with E-state index >= 15 is 0 Å². The van der Waals surface area contributed by atoms with E-state index in [-0.39, 0.29) is 35.9 Å². The molecule has 9 heteroatoms. The van der Waals surface area contributed by atoms with Crippen molar-refractivity contribution in [2.24, 2.45) is 5.92 Å². The number of hydrogen-bond acceptors (Lipinski definition) is 4. The van der Waals surface area contributed by atoms with Crippen molar-refractivity contribution in [1.82, 2.24) is 9.62 Å². The van der Waals surface area contributed by atoms with Crippen molar-refractivity contribution in [3.05, 3.63) is 65.2 Å². The molecule has 0 bridgehead atoms. The van der Waals surface area contributed by atoms with Crippen molar-refractivity contribution >= 4 is 15.9 Å². The van der Waals surface area contributed by atoms with Crippen LogP contribution >= 0.6 is 0 Å². The van der Waals surface area contributed by atoms with E-state index in [1.165, 1.54) is 4.31 Å². The van der Waals surface area contributed by atoms with Crippen LogP contribution in [0.25, 0.3) is 0 Å². The van der Waals surface area contributed by atoms with Crippen LogP contribution in [0.1, 0.15) is 37.8 Å². The standard InChI is InChI=1S/C23H28F2N2O4S/c1-16(2)31-15-19-6-4-3-5-18(19)14-26-23(28)17-9-11-27(12-10-17)32(29,30)20-7-8-21(24)22(25)13-20/h3-8,13,16-17H,9-12,14-15H2,1-2H3,(H,26,28). The van der Waals surface area contributed by atoms with Gasteiger partial charge < -0.3 is 10.1 Å². The first kappa shape index (κ1) is 24.3. The average molecular weight is 467 g/mol. The molecule has 1 aliphatic rings. The summed E-state index contributed by atoms with van der Waals surface area (Å²) in [6, 6.07) is 10.3. The van der Waals surface area contributed by atoms with E-state index in [1.54, 1.807) is 0 Å². The maximum atomic E-state index is 13.5. The third-order valence-electron chi connectivity index (χ3n) is 5.50. The second-order valence-corrected chi connectivity index (χ2v) is 10.0. The highest BCUT2D eigenvalue weighted by Crippen LogP contribution is 2.25. The van der Waals surface area contributed by atoms with Gasteiger partial charge in [-0.25, -0.2) is 17.2 Å². The van der Waals surface area contributed by atoms with Gasteiger partial charge in [-0.15, -0.1) is 0 Å². The highest BCUT2D eigenvalue weighted by atomic mass is 32.2. The summed E-state index contributed by atoms with van der Waals surface area (Å²) in [6.07, 6.45) is 0.810. The molecule has 0 radical (unpaired) electrons. The molecule has 1 amide bonds. The number of ether oxygens (including phenoxy) is 1. The Hall–Kier alpha value is -2.36. The lowest BCUT2D eigenvalue weighted by Crippen LogP contribution is -2.42. The molecule has 1 aliphatic heterocycles. The summed E-state index contributed by atoms with van der Waals surface area (Å²) in [5.74, 6) is -2.75. The minimum atomic E-state index is -3.94. The summed E-state index contributed by atoms with van der Waals surface area (Å²) in [5, 5.41) is 2.94. The predicted molar refractivity (Wildman–Crippen MR) is 116 cm³/mol. The maximum Gasteiger partial charge on any atom is 0.243 e. The van der Waals surface area contributed by atoms with E-state index in [9.17, 15) is 22.0 Å². The Morgan fingerprint density at radius 3 is 2.38 bits per heavy atom.